The molecule has 0 aliphatic carbocycles. The molecule has 0 saturated carbocycles. The average Bonchev–Trinajstić information content (AvgIpc) is 2.50. The van der Waals surface area contributed by atoms with Gasteiger partial charge in [0.25, 0.3) is 0 Å². The van der Waals surface area contributed by atoms with Gasteiger partial charge in [0.1, 0.15) is 5.82 Å². The Kier molecular flexibility index (Phi) is 6.13. The Bertz CT molecular complexity index is 478. The number of esters is 1. The summed E-state index contributed by atoms with van der Waals surface area (Å²) in [5.74, 6) is 2.65. The molecule has 116 valence electrons. The molecule has 1 aromatic rings. The van der Waals surface area contributed by atoms with Crippen LogP contribution in [0.15, 0.2) is 12.3 Å². The number of nitrogen functional groups attached to an aromatic ring is 1. The fourth-order valence-electron chi connectivity index (χ4n) is 2.12. The zero-order chi connectivity index (χ0) is 15.1. The Morgan fingerprint density at radius 2 is 2.29 bits per heavy atom. The van der Waals surface area contributed by atoms with Crippen molar-refractivity contribution >= 4 is 29.2 Å². The molecule has 0 aromatic carbocycles. The Morgan fingerprint density at radius 1 is 1.52 bits per heavy atom. The first kappa shape index (κ1) is 15.9. The number of pyridine rings is 1. The molecule has 0 radical (unpaired) electrons. The Hall–Kier alpha value is -1.47. The van der Waals surface area contributed by atoms with E-state index in [0.29, 0.717) is 23.7 Å². The number of nitrogens with two attached hydrogens (primary N) is 1. The van der Waals surface area contributed by atoms with Crippen LogP contribution in [0.25, 0.3) is 0 Å². The van der Waals surface area contributed by atoms with Crippen molar-refractivity contribution in [3.05, 3.63) is 17.8 Å². The smallest absolute Gasteiger partial charge is 0.340 e. The summed E-state index contributed by atoms with van der Waals surface area (Å²) in [6.07, 6.45) is 1.49. The van der Waals surface area contributed by atoms with Gasteiger partial charge >= 0.3 is 5.97 Å². The maximum atomic E-state index is 11.8. The van der Waals surface area contributed by atoms with E-state index in [4.69, 9.17) is 10.5 Å². The van der Waals surface area contributed by atoms with Crippen molar-refractivity contribution < 1.29 is 9.53 Å². The van der Waals surface area contributed by atoms with Crippen LogP contribution in [0, 0.1) is 0 Å². The van der Waals surface area contributed by atoms with E-state index in [1.807, 2.05) is 11.8 Å². The minimum Gasteiger partial charge on any atom is -0.462 e. The summed E-state index contributed by atoms with van der Waals surface area (Å²) in [4.78, 5) is 18.4. The average molecular weight is 310 g/mol. The monoisotopic (exact) mass is 310 g/mol. The second kappa shape index (κ2) is 8.09. The fraction of sp³-hybridized carbons (Fsp3) is 0.571. The van der Waals surface area contributed by atoms with Crippen LogP contribution in [0.4, 0.5) is 11.5 Å². The maximum Gasteiger partial charge on any atom is 0.340 e. The fourth-order valence-corrected chi connectivity index (χ4v) is 3.09. The third-order valence-electron chi connectivity index (χ3n) is 3.27. The van der Waals surface area contributed by atoms with Gasteiger partial charge in [0.05, 0.1) is 24.1 Å². The van der Waals surface area contributed by atoms with Crippen LogP contribution < -0.4 is 11.1 Å². The first-order valence-corrected chi connectivity index (χ1v) is 8.32. The molecule has 3 N–H and O–H groups in total. The molecular formula is C14H22N4O2S. The van der Waals surface area contributed by atoms with Crippen LogP contribution in [0.2, 0.25) is 0 Å². The van der Waals surface area contributed by atoms with Gasteiger partial charge in [-0.2, -0.15) is 11.8 Å². The van der Waals surface area contributed by atoms with E-state index in [2.05, 4.69) is 15.2 Å². The van der Waals surface area contributed by atoms with Gasteiger partial charge in [-0.15, -0.1) is 0 Å². The predicted octanol–water partition coefficient (Wildman–Crippen LogP) is 1.30. The van der Waals surface area contributed by atoms with Crippen LogP contribution in [-0.2, 0) is 4.74 Å². The van der Waals surface area contributed by atoms with Crippen molar-refractivity contribution in [2.45, 2.75) is 6.92 Å². The number of rotatable bonds is 6. The van der Waals surface area contributed by atoms with Crippen molar-refractivity contribution in [3.8, 4) is 0 Å². The standard InChI is InChI=1S/C14H22N4O2S/c1-2-20-14(19)11-9-13(17-10-12(11)15)16-3-4-18-5-7-21-8-6-18/h9-10H,2-8,15H2,1H3,(H,16,17). The van der Waals surface area contributed by atoms with E-state index in [9.17, 15) is 4.79 Å². The second-order valence-electron chi connectivity index (χ2n) is 4.76. The topological polar surface area (TPSA) is 80.5 Å². The molecule has 0 unspecified atom stereocenters. The van der Waals surface area contributed by atoms with Crippen molar-refractivity contribution in [1.29, 1.82) is 0 Å². The molecule has 0 spiro atoms. The number of anilines is 2. The summed E-state index contributed by atoms with van der Waals surface area (Å²) in [5.41, 5.74) is 6.47. The molecule has 1 aliphatic rings. The summed E-state index contributed by atoms with van der Waals surface area (Å²) in [5, 5.41) is 3.23. The highest BCUT2D eigenvalue weighted by atomic mass is 32.2. The minimum atomic E-state index is -0.409. The third kappa shape index (κ3) is 4.78. The van der Waals surface area contributed by atoms with Crippen LogP contribution in [-0.4, -0.2) is 60.1 Å². The van der Waals surface area contributed by atoms with E-state index in [1.165, 1.54) is 17.7 Å². The van der Waals surface area contributed by atoms with Gasteiger partial charge in [0.2, 0.25) is 0 Å². The number of hydrogen-bond acceptors (Lipinski definition) is 7. The van der Waals surface area contributed by atoms with Gasteiger partial charge in [-0.25, -0.2) is 9.78 Å². The lowest BCUT2D eigenvalue weighted by molar-refractivity contribution is 0.0527. The Balaban J connectivity index is 1.88. The molecule has 7 heteroatoms. The molecule has 1 aromatic heterocycles. The zero-order valence-corrected chi connectivity index (χ0v) is 13.1. The van der Waals surface area contributed by atoms with Gasteiger partial charge in [0, 0.05) is 37.7 Å². The van der Waals surface area contributed by atoms with Gasteiger partial charge < -0.3 is 15.8 Å². The van der Waals surface area contributed by atoms with Crippen LogP contribution in [0.3, 0.4) is 0 Å². The summed E-state index contributed by atoms with van der Waals surface area (Å²) in [6, 6.07) is 1.65. The third-order valence-corrected chi connectivity index (χ3v) is 4.21. The molecule has 2 rings (SSSR count). The van der Waals surface area contributed by atoms with Crippen LogP contribution in [0.5, 0.6) is 0 Å². The lowest BCUT2D eigenvalue weighted by Crippen LogP contribution is -2.36. The number of nitrogens with one attached hydrogen (secondary N) is 1. The van der Waals surface area contributed by atoms with Crippen LogP contribution >= 0.6 is 11.8 Å². The lowest BCUT2D eigenvalue weighted by atomic mass is 10.2. The first-order valence-electron chi connectivity index (χ1n) is 7.17. The van der Waals surface area contributed by atoms with Crippen molar-refractivity contribution in [3.63, 3.8) is 0 Å². The van der Waals surface area contributed by atoms with Gasteiger partial charge in [-0.3, -0.25) is 4.90 Å². The molecule has 0 atom stereocenters. The summed E-state index contributed by atoms with van der Waals surface area (Å²) >= 11 is 2.00. The summed E-state index contributed by atoms with van der Waals surface area (Å²) < 4.78 is 4.98. The Labute approximate surface area is 129 Å². The Morgan fingerprint density at radius 3 is 3.00 bits per heavy atom. The van der Waals surface area contributed by atoms with Crippen molar-refractivity contribution in [2.75, 3.05) is 55.3 Å². The highest BCUT2D eigenvalue weighted by Gasteiger charge is 2.13. The zero-order valence-electron chi connectivity index (χ0n) is 12.3. The second-order valence-corrected chi connectivity index (χ2v) is 5.98. The van der Waals surface area contributed by atoms with Gasteiger partial charge in [-0.1, -0.05) is 0 Å². The number of carbonyl (C=O) groups is 1. The number of ether oxygens (including phenoxy) is 1. The SMILES string of the molecule is CCOC(=O)c1cc(NCCN2CCSCC2)ncc1N. The molecule has 0 amide bonds. The summed E-state index contributed by atoms with van der Waals surface area (Å²) in [7, 11) is 0. The lowest BCUT2D eigenvalue weighted by Gasteiger charge is -2.26. The molecular weight excluding hydrogens is 288 g/mol. The van der Waals surface area contributed by atoms with E-state index in [0.717, 1.165) is 26.2 Å². The number of carbonyl (C=O) groups excluding carboxylic acids is 1. The number of hydrogen-bond donors (Lipinski definition) is 2. The number of nitrogens with zero attached hydrogens (tertiary/aromatic N) is 2. The van der Waals surface area contributed by atoms with Crippen LogP contribution in [0.1, 0.15) is 17.3 Å². The van der Waals surface area contributed by atoms with Gasteiger partial charge in [-0.05, 0) is 13.0 Å². The van der Waals surface area contributed by atoms with Gasteiger partial charge in [0.15, 0.2) is 0 Å². The van der Waals surface area contributed by atoms with E-state index in [1.54, 1.807) is 13.0 Å². The first-order chi connectivity index (χ1) is 10.2. The quantitative estimate of drug-likeness (QED) is 0.767. The number of thioether (sulfide) groups is 1. The minimum absolute atomic E-state index is 0.330. The molecule has 21 heavy (non-hydrogen) atoms. The molecule has 6 nitrogen and oxygen atoms in total. The van der Waals surface area contributed by atoms with Crippen molar-refractivity contribution in [2.24, 2.45) is 0 Å². The number of aromatic nitrogens is 1. The highest BCUT2D eigenvalue weighted by molar-refractivity contribution is 7.99. The highest BCUT2D eigenvalue weighted by Crippen LogP contribution is 2.16. The van der Waals surface area contributed by atoms with E-state index < -0.39 is 5.97 Å². The molecule has 1 fully saturated rings. The molecule has 0 bridgehead atoms. The molecule has 2 heterocycles. The molecule has 1 aliphatic heterocycles. The molecule has 1 saturated heterocycles. The largest absolute Gasteiger partial charge is 0.462 e. The predicted molar refractivity (Wildman–Crippen MR) is 86.9 cm³/mol. The maximum absolute atomic E-state index is 11.8. The normalized spacial score (nSPS) is 15.7. The van der Waals surface area contributed by atoms with Crippen molar-refractivity contribution in [1.82, 2.24) is 9.88 Å². The summed E-state index contributed by atoms with van der Waals surface area (Å²) in [6.45, 7) is 6.14. The van der Waals surface area contributed by atoms with E-state index >= 15 is 0 Å². The van der Waals surface area contributed by atoms with E-state index in [-0.39, 0.29) is 0 Å².